The van der Waals surface area contributed by atoms with Gasteiger partial charge in [-0.25, -0.2) is 8.42 Å². The molecule has 0 aliphatic rings. The van der Waals surface area contributed by atoms with E-state index in [1.54, 1.807) is 12.1 Å². The molecule has 0 atom stereocenters. The Balaban J connectivity index is 2.41. The first-order chi connectivity index (χ1) is 9.31. The fourth-order valence-corrected chi connectivity index (χ4v) is 3.44. The Morgan fingerprint density at radius 2 is 1.55 bits per heavy atom. The monoisotopic (exact) mass is 350 g/mol. The van der Waals surface area contributed by atoms with Crippen LogP contribution in [0.4, 0.5) is 11.4 Å². The number of hydrogen-bond acceptors (Lipinski definition) is 3. The van der Waals surface area contributed by atoms with Crippen molar-refractivity contribution in [1.29, 1.82) is 0 Å². The summed E-state index contributed by atoms with van der Waals surface area (Å²) in [6, 6.07) is 8.87. The fourth-order valence-electron chi connectivity index (χ4n) is 1.48. The van der Waals surface area contributed by atoms with Crippen molar-refractivity contribution in [3.05, 3.63) is 51.5 Å². The molecular formula is C12H9Cl3N2O2S. The lowest BCUT2D eigenvalue weighted by atomic mass is 10.3. The van der Waals surface area contributed by atoms with Gasteiger partial charge >= 0.3 is 0 Å². The van der Waals surface area contributed by atoms with E-state index >= 15 is 0 Å². The largest absolute Gasteiger partial charge is 0.396 e. The third kappa shape index (κ3) is 3.12. The van der Waals surface area contributed by atoms with Gasteiger partial charge in [-0.2, -0.15) is 0 Å². The smallest absolute Gasteiger partial charge is 0.263 e. The van der Waals surface area contributed by atoms with Crippen LogP contribution in [0.1, 0.15) is 0 Å². The predicted octanol–water partition coefficient (Wildman–Crippen LogP) is 4.03. The average Bonchev–Trinajstić information content (AvgIpc) is 2.38. The summed E-state index contributed by atoms with van der Waals surface area (Å²) in [7, 11) is -3.86. The van der Waals surface area contributed by atoms with Crippen LogP contribution in [0.3, 0.4) is 0 Å². The van der Waals surface area contributed by atoms with Gasteiger partial charge in [-0.1, -0.05) is 34.8 Å². The second-order valence-electron chi connectivity index (χ2n) is 3.89. The standard InChI is InChI=1S/C12H9Cl3N2O2S/c13-7-1-3-8(4-2-7)17-20(18,19)10-6-5-9(14)12(16)11(10)15/h1-6,17H,16H2. The van der Waals surface area contributed by atoms with Gasteiger partial charge in [-0.3, -0.25) is 4.72 Å². The van der Waals surface area contributed by atoms with E-state index in [0.717, 1.165) is 0 Å². The van der Waals surface area contributed by atoms with E-state index in [9.17, 15) is 8.42 Å². The van der Waals surface area contributed by atoms with E-state index in [1.807, 2.05) is 0 Å². The summed E-state index contributed by atoms with van der Waals surface area (Å²) in [6.07, 6.45) is 0. The summed E-state index contributed by atoms with van der Waals surface area (Å²) in [4.78, 5) is -0.143. The second kappa shape index (κ2) is 5.69. The molecule has 0 amide bonds. The number of nitrogens with one attached hydrogen (secondary N) is 1. The van der Waals surface area contributed by atoms with Crippen LogP contribution in [0.25, 0.3) is 0 Å². The zero-order chi connectivity index (χ0) is 14.9. The van der Waals surface area contributed by atoms with Crippen molar-refractivity contribution in [3.8, 4) is 0 Å². The quantitative estimate of drug-likeness (QED) is 0.820. The third-order valence-corrected chi connectivity index (χ3v) is 5.00. The van der Waals surface area contributed by atoms with Crippen molar-refractivity contribution in [3.63, 3.8) is 0 Å². The van der Waals surface area contributed by atoms with Crippen LogP contribution in [-0.4, -0.2) is 8.42 Å². The maximum absolute atomic E-state index is 12.2. The Morgan fingerprint density at radius 3 is 2.15 bits per heavy atom. The lowest BCUT2D eigenvalue weighted by molar-refractivity contribution is 0.601. The molecule has 0 spiro atoms. The molecule has 2 aromatic rings. The molecule has 20 heavy (non-hydrogen) atoms. The summed E-state index contributed by atoms with van der Waals surface area (Å²) in [6.45, 7) is 0. The molecule has 2 rings (SSSR count). The molecular weight excluding hydrogens is 343 g/mol. The topological polar surface area (TPSA) is 72.2 Å². The van der Waals surface area contributed by atoms with E-state index in [0.29, 0.717) is 10.7 Å². The number of nitrogens with two attached hydrogens (primary N) is 1. The summed E-state index contributed by atoms with van der Waals surface area (Å²) in [5, 5.41) is 0.584. The van der Waals surface area contributed by atoms with Crippen LogP contribution in [0.5, 0.6) is 0 Å². The SMILES string of the molecule is Nc1c(Cl)ccc(S(=O)(=O)Nc2ccc(Cl)cc2)c1Cl. The minimum Gasteiger partial charge on any atom is -0.396 e. The van der Waals surface area contributed by atoms with Gasteiger partial charge in [-0.05, 0) is 36.4 Å². The number of halogens is 3. The van der Waals surface area contributed by atoms with Crippen molar-refractivity contribution in [2.75, 3.05) is 10.5 Å². The van der Waals surface area contributed by atoms with Gasteiger partial charge in [0.05, 0.1) is 15.7 Å². The lowest BCUT2D eigenvalue weighted by Crippen LogP contribution is -2.14. The molecule has 0 saturated carbocycles. The molecule has 0 radical (unpaired) electrons. The molecule has 3 N–H and O–H groups in total. The van der Waals surface area contributed by atoms with Crippen LogP contribution >= 0.6 is 34.8 Å². The van der Waals surface area contributed by atoms with Crippen LogP contribution in [0.2, 0.25) is 15.1 Å². The number of anilines is 2. The van der Waals surface area contributed by atoms with E-state index < -0.39 is 10.0 Å². The number of hydrogen-bond donors (Lipinski definition) is 2. The van der Waals surface area contributed by atoms with E-state index in [-0.39, 0.29) is 20.6 Å². The third-order valence-electron chi connectivity index (χ3n) is 2.48. The Bertz CT molecular complexity index is 746. The molecule has 8 heteroatoms. The summed E-state index contributed by atoms with van der Waals surface area (Å²) in [5.74, 6) is 0. The molecule has 4 nitrogen and oxygen atoms in total. The van der Waals surface area contributed by atoms with Gasteiger partial charge in [0.2, 0.25) is 0 Å². The van der Waals surface area contributed by atoms with Gasteiger partial charge in [-0.15, -0.1) is 0 Å². The number of sulfonamides is 1. The van der Waals surface area contributed by atoms with Crippen LogP contribution in [0, 0.1) is 0 Å². The first-order valence-electron chi connectivity index (χ1n) is 5.33. The highest BCUT2D eigenvalue weighted by atomic mass is 35.5. The van der Waals surface area contributed by atoms with E-state index in [4.69, 9.17) is 40.5 Å². The number of benzene rings is 2. The number of nitrogen functional groups attached to an aromatic ring is 1. The van der Waals surface area contributed by atoms with Crippen LogP contribution < -0.4 is 10.5 Å². The predicted molar refractivity (Wildman–Crippen MR) is 83.1 cm³/mol. The zero-order valence-corrected chi connectivity index (χ0v) is 13.0. The van der Waals surface area contributed by atoms with Crippen molar-refractivity contribution in [1.82, 2.24) is 0 Å². The summed E-state index contributed by atoms with van der Waals surface area (Å²) < 4.78 is 26.9. The molecule has 0 aliphatic heterocycles. The maximum atomic E-state index is 12.2. The molecule has 0 bridgehead atoms. The minimum atomic E-state index is -3.86. The summed E-state index contributed by atoms with van der Waals surface area (Å²) >= 11 is 17.4. The second-order valence-corrected chi connectivity index (χ2v) is 6.76. The zero-order valence-electron chi connectivity index (χ0n) is 9.90. The maximum Gasteiger partial charge on any atom is 0.263 e. The first kappa shape index (κ1) is 15.3. The molecule has 2 aromatic carbocycles. The molecule has 0 saturated heterocycles. The fraction of sp³-hybridized carbons (Fsp3) is 0. The van der Waals surface area contributed by atoms with Gasteiger partial charge in [0.15, 0.2) is 0 Å². The molecule has 0 aromatic heterocycles. The Kier molecular flexibility index (Phi) is 4.34. The molecule has 0 heterocycles. The molecule has 106 valence electrons. The highest BCUT2D eigenvalue weighted by Crippen LogP contribution is 2.33. The van der Waals surface area contributed by atoms with Crippen molar-refractivity contribution >= 4 is 56.2 Å². The van der Waals surface area contributed by atoms with Gasteiger partial charge in [0.25, 0.3) is 10.0 Å². The Hall–Kier alpha value is -1.14. The first-order valence-corrected chi connectivity index (χ1v) is 7.95. The average molecular weight is 352 g/mol. The van der Waals surface area contributed by atoms with Crippen molar-refractivity contribution in [2.45, 2.75) is 4.90 Å². The highest BCUT2D eigenvalue weighted by molar-refractivity contribution is 7.92. The lowest BCUT2D eigenvalue weighted by Gasteiger charge is -2.11. The minimum absolute atomic E-state index is 0.0207. The van der Waals surface area contributed by atoms with Crippen molar-refractivity contribution < 1.29 is 8.42 Å². The van der Waals surface area contributed by atoms with Gasteiger partial charge in [0.1, 0.15) is 4.90 Å². The van der Waals surface area contributed by atoms with Crippen molar-refractivity contribution in [2.24, 2.45) is 0 Å². The van der Waals surface area contributed by atoms with Gasteiger partial charge in [0, 0.05) is 10.7 Å². The molecule has 0 unspecified atom stereocenters. The van der Waals surface area contributed by atoms with Crippen LogP contribution in [0.15, 0.2) is 41.3 Å². The van der Waals surface area contributed by atoms with Crippen LogP contribution in [-0.2, 0) is 10.0 Å². The normalized spacial score (nSPS) is 11.3. The highest BCUT2D eigenvalue weighted by Gasteiger charge is 2.20. The summed E-state index contributed by atoms with van der Waals surface area (Å²) in [5.41, 5.74) is 6.00. The Labute approximate surface area is 131 Å². The van der Waals surface area contributed by atoms with Gasteiger partial charge < -0.3 is 5.73 Å². The molecule has 0 aliphatic carbocycles. The Morgan fingerprint density at radius 1 is 0.950 bits per heavy atom. The van der Waals surface area contributed by atoms with E-state index in [1.165, 1.54) is 24.3 Å². The molecule has 0 fully saturated rings. The number of rotatable bonds is 3. The van der Waals surface area contributed by atoms with E-state index in [2.05, 4.69) is 4.72 Å².